The normalized spacial score (nSPS) is 16.9. The van der Waals surface area contributed by atoms with E-state index in [1.807, 2.05) is 12.1 Å². The Kier molecular flexibility index (Phi) is 3.54. The second-order valence-corrected chi connectivity index (χ2v) is 4.39. The molecule has 0 amide bonds. The minimum Gasteiger partial charge on any atom is -0.248 e. The fraction of sp³-hybridized carbons (Fsp3) is 0.455. The van der Waals surface area contributed by atoms with Crippen molar-refractivity contribution >= 4 is 11.6 Å². The van der Waals surface area contributed by atoms with Crippen molar-refractivity contribution in [3.8, 4) is 0 Å². The molecule has 1 aromatic carbocycles. The van der Waals surface area contributed by atoms with Gasteiger partial charge in [-0.1, -0.05) is 23.7 Å². The lowest BCUT2D eigenvalue weighted by molar-refractivity contribution is 0.217. The highest BCUT2D eigenvalue weighted by Gasteiger charge is 2.21. The molecule has 0 unspecified atom stereocenters. The largest absolute Gasteiger partial charge is 0.248 e. The average molecular weight is 237 g/mol. The lowest BCUT2D eigenvalue weighted by Gasteiger charge is -2.26. The van der Waals surface area contributed by atoms with Gasteiger partial charge < -0.3 is 0 Å². The summed E-state index contributed by atoms with van der Waals surface area (Å²) >= 11 is 5.85. The van der Waals surface area contributed by atoms with E-state index in [0.29, 0.717) is 5.92 Å². The zero-order valence-corrected chi connectivity index (χ0v) is 9.64. The highest BCUT2D eigenvalue weighted by molar-refractivity contribution is 6.30. The summed E-state index contributed by atoms with van der Waals surface area (Å²) in [6, 6.07) is 8.01. The third-order valence-corrected chi connectivity index (χ3v) is 3.23. The van der Waals surface area contributed by atoms with Gasteiger partial charge in [-0.3, -0.25) is 0 Å². The van der Waals surface area contributed by atoms with Crippen molar-refractivity contribution in [3.63, 3.8) is 0 Å². The van der Waals surface area contributed by atoms with Crippen molar-refractivity contribution in [1.29, 1.82) is 0 Å². The number of benzene rings is 1. The fourth-order valence-corrected chi connectivity index (χ4v) is 2.21. The molecule has 0 radical (unpaired) electrons. The van der Waals surface area contributed by atoms with E-state index in [2.05, 4.69) is 22.3 Å². The highest BCUT2D eigenvalue weighted by Crippen LogP contribution is 2.28. The lowest BCUT2D eigenvalue weighted by atomic mass is 9.90. The van der Waals surface area contributed by atoms with Crippen LogP contribution in [0.5, 0.6) is 0 Å². The molecule has 1 aliphatic heterocycles. The van der Waals surface area contributed by atoms with Gasteiger partial charge in [-0.2, -0.15) is 4.91 Å². The van der Waals surface area contributed by atoms with Gasteiger partial charge in [-0.05, 0) is 41.7 Å². The Labute approximate surface area is 99.4 Å². The minimum atomic E-state index is 0.558. The maximum Gasteiger partial charge on any atom is 0.0890 e. The van der Waals surface area contributed by atoms with E-state index in [0.717, 1.165) is 31.0 Å². The topological polar surface area (TPSA) is 52.0 Å². The standard InChI is InChI=1S/C11H13ClN4/c12-11-3-1-9(2-4-11)10-5-7-16(8-6-10)15-14-13/h1-4,10H,5-8H2. The lowest BCUT2D eigenvalue weighted by Crippen LogP contribution is -2.28. The summed E-state index contributed by atoms with van der Waals surface area (Å²) in [7, 11) is 0. The first-order chi connectivity index (χ1) is 7.79. The number of hydrogen-bond acceptors (Lipinski definition) is 1. The van der Waals surface area contributed by atoms with Gasteiger partial charge in [-0.25, -0.2) is 5.01 Å². The smallest absolute Gasteiger partial charge is 0.0890 e. The van der Waals surface area contributed by atoms with Gasteiger partial charge in [0.05, 0.1) is 13.1 Å². The molecule has 4 nitrogen and oxygen atoms in total. The van der Waals surface area contributed by atoms with Crippen LogP contribution in [-0.2, 0) is 0 Å². The Balaban J connectivity index is 1.98. The van der Waals surface area contributed by atoms with Gasteiger partial charge in [0.25, 0.3) is 0 Å². The van der Waals surface area contributed by atoms with Gasteiger partial charge in [0, 0.05) is 5.02 Å². The molecule has 1 saturated heterocycles. The molecule has 16 heavy (non-hydrogen) atoms. The van der Waals surface area contributed by atoms with Crippen LogP contribution in [-0.4, -0.2) is 18.1 Å². The summed E-state index contributed by atoms with van der Waals surface area (Å²) < 4.78 is 0. The monoisotopic (exact) mass is 236 g/mol. The van der Waals surface area contributed by atoms with Crippen molar-refractivity contribution in [1.82, 2.24) is 5.01 Å². The zero-order chi connectivity index (χ0) is 11.4. The Bertz CT molecular complexity index is 389. The van der Waals surface area contributed by atoms with E-state index >= 15 is 0 Å². The minimum absolute atomic E-state index is 0.558. The number of hydrogen-bond donors (Lipinski definition) is 0. The summed E-state index contributed by atoms with van der Waals surface area (Å²) in [4.78, 5) is 2.80. The van der Waals surface area contributed by atoms with Crippen molar-refractivity contribution in [3.05, 3.63) is 45.3 Å². The first kappa shape index (κ1) is 11.1. The van der Waals surface area contributed by atoms with E-state index in [4.69, 9.17) is 17.1 Å². The molecule has 1 aliphatic rings. The molecule has 1 aromatic rings. The average Bonchev–Trinajstić information content (AvgIpc) is 2.32. The van der Waals surface area contributed by atoms with Crippen LogP contribution in [0.1, 0.15) is 24.3 Å². The van der Waals surface area contributed by atoms with Crippen LogP contribution in [0.4, 0.5) is 0 Å². The van der Waals surface area contributed by atoms with Crippen LogP contribution in [0.3, 0.4) is 0 Å². The number of azide groups is 1. The van der Waals surface area contributed by atoms with Gasteiger partial charge in [0.1, 0.15) is 0 Å². The maximum atomic E-state index is 8.33. The molecule has 0 saturated carbocycles. The van der Waals surface area contributed by atoms with Gasteiger partial charge in [0.15, 0.2) is 0 Å². The van der Waals surface area contributed by atoms with Crippen LogP contribution in [0, 0.1) is 0 Å². The summed E-state index contributed by atoms with van der Waals surface area (Å²) in [6.45, 7) is 1.66. The Morgan fingerprint density at radius 3 is 2.44 bits per heavy atom. The maximum absolute atomic E-state index is 8.33. The van der Waals surface area contributed by atoms with Crippen molar-refractivity contribution in [2.45, 2.75) is 18.8 Å². The SMILES string of the molecule is [N-]=[N+]=NN1CCC(c2ccc(Cl)cc2)CC1. The first-order valence-corrected chi connectivity index (χ1v) is 5.73. The van der Waals surface area contributed by atoms with Crippen molar-refractivity contribution < 1.29 is 0 Å². The molecule has 0 atom stereocenters. The Hall–Kier alpha value is -1.38. The Morgan fingerprint density at radius 2 is 1.88 bits per heavy atom. The zero-order valence-electron chi connectivity index (χ0n) is 8.88. The number of halogens is 1. The third kappa shape index (κ3) is 2.60. The molecular weight excluding hydrogens is 224 g/mol. The van der Waals surface area contributed by atoms with Crippen molar-refractivity contribution in [2.75, 3.05) is 13.1 Å². The van der Waals surface area contributed by atoms with E-state index in [1.165, 1.54) is 5.56 Å². The van der Waals surface area contributed by atoms with Crippen LogP contribution in [0.25, 0.3) is 10.4 Å². The van der Waals surface area contributed by atoms with Gasteiger partial charge in [0.2, 0.25) is 0 Å². The van der Waals surface area contributed by atoms with Crippen molar-refractivity contribution in [2.24, 2.45) is 5.22 Å². The second-order valence-electron chi connectivity index (χ2n) is 3.96. The van der Waals surface area contributed by atoms with Crippen LogP contribution in [0.15, 0.2) is 29.5 Å². The summed E-state index contributed by atoms with van der Waals surface area (Å²) in [5.41, 5.74) is 9.66. The predicted molar refractivity (Wildman–Crippen MR) is 64.1 cm³/mol. The summed E-state index contributed by atoms with van der Waals surface area (Å²) in [5, 5.41) is 6.18. The van der Waals surface area contributed by atoms with Crippen LogP contribution in [0.2, 0.25) is 5.02 Å². The van der Waals surface area contributed by atoms with Crippen LogP contribution >= 0.6 is 11.6 Å². The summed E-state index contributed by atoms with van der Waals surface area (Å²) in [6.07, 6.45) is 2.06. The predicted octanol–water partition coefficient (Wildman–Crippen LogP) is 3.74. The van der Waals surface area contributed by atoms with E-state index in [1.54, 1.807) is 5.01 Å². The third-order valence-electron chi connectivity index (χ3n) is 2.98. The van der Waals surface area contributed by atoms with Crippen LogP contribution < -0.4 is 0 Å². The molecule has 0 spiro atoms. The molecule has 1 fully saturated rings. The van der Waals surface area contributed by atoms with E-state index in [-0.39, 0.29) is 0 Å². The van der Waals surface area contributed by atoms with Gasteiger partial charge >= 0.3 is 0 Å². The molecular formula is C11H13ClN4. The molecule has 84 valence electrons. The molecule has 0 bridgehead atoms. The highest BCUT2D eigenvalue weighted by atomic mass is 35.5. The number of piperidine rings is 1. The quantitative estimate of drug-likeness (QED) is 0.438. The Morgan fingerprint density at radius 1 is 1.25 bits per heavy atom. The number of nitrogens with zero attached hydrogens (tertiary/aromatic N) is 4. The van der Waals surface area contributed by atoms with E-state index < -0.39 is 0 Å². The van der Waals surface area contributed by atoms with E-state index in [9.17, 15) is 0 Å². The molecule has 5 heteroatoms. The molecule has 0 N–H and O–H groups in total. The second kappa shape index (κ2) is 5.10. The fourth-order valence-electron chi connectivity index (χ4n) is 2.08. The molecule has 2 rings (SSSR count). The molecule has 0 aliphatic carbocycles. The molecule has 0 aromatic heterocycles. The first-order valence-electron chi connectivity index (χ1n) is 5.35. The number of rotatable bonds is 2. The van der Waals surface area contributed by atoms with Gasteiger partial charge in [-0.15, -0.1) is 5.53 Å². The molecule has 1 heterocycles. The summed E-state index contributed by atoms with van der Waals surface area (Å²) in [5.74, 6) is 0.558.